The zero-order valence-electron chi connectivity index (χ0n) is 30.7. The van der Waals surface area contributed by atoms with E-state index in [1.54, 1.807) is 4.90 Å². The van der Waals surface area contributed by atoms with Crippen LogP contribution in [-0.4, -0.2) is 72.6 Å². The minimum Gasteiger partial charge on any atom is -0.346 e. The van der Waals surface area contributed by atoms with Gasteiger partial charge in [0.15, 0.2) is 15.6 Å². The van der Waals surface area contributed by atoms with Crippen molar-refractivity contribution in [2.75, 3.05) is 18.8 Å². The third-order valence-corrected chi connectivity index (χ3v) is 15.8. The summed E-state index contributed by atoms with van der Waals surface area (Å²) in [5.74, 6) is -2.55. The summed E-state index contributed by atoms with van der Waals surface area (Å²) in [6.07, 6.45) is 16.1. The number of nitrogens with one attached hydrogen (secondary N) is 1. The van der Waals surface area contributed by atoms with Crippen LogP contribution in [0, 0.1) is 34.5 Å². The Kier molecular flexibility index (Phi) is 12.9. The van der Waals surface area contributed by atoms with Gasteiger partial charge >= 0.3 is 0 Å². The number of Topliss-reactive ketones (excluding diaryl/α,β-unsaturated/α-hetero) is 3. The Hall–Kier alpha value is -2.36. The molecule has 280 valence electrons. The van der Waals surface area contributed by atoms with Gasteiger partial charge in [0.1, 0.15) is 5.78 Å². The molecule has 3 heterocycles. The number of sulfone groups is 1. The highest BCUT2D eigenvalue weighted by Gasteiger charge is 2.69. The van der Waals surface area contributed by atoms with E-state index in [0.717, 1.165) is 83.5 Å². The van der Waals surface area contributed by atoms with Gasteiger partial charge in [0.2, 0.25) is 11.7 Å². The van der Waals surface area contributed by atoms with Crippen molar-refractivity contribution in [2.45, 2.75) is 154 Å². The molecule has 50 heavy (non-hydrogen) atoms. The number of ketones is 3. The van der Waals surface area contributed by atoms with Gasteiger partial charge < -0.3 is 10.2 Å². The van der Waals surface area contributed by atoms with Crippen LogP contribution in [0.2, 0.25) is 0 Å². The van der Waals surface area contributed by atoms with E-state index in [2.05, 4.69) is 25.7 Å². The molecule has 2 amide bonds. The van der Waals surface area contributed by atoms with Crippen LogP contribution in [-0.2, 0) is 33.8 Å². The maximum absolute atomic E-state index is 14.6. The molecule has 2 saturated carbocycles. The smallest absolute Gasteiger partial charge is 0.287 e. The topological polar surface area (TPSA) is 135 Å². The Morgan fingerprint density at radius 3 is 2.12 bits per heavy atom. The van der Waals surface area contributed by atoms with Gasteiger partial charge in [0, 0.05) is 44.2 Å². The lowest BCUT2D eigenvalue weighted by atomic mass is 9.67. The second kappa shape index (κ2) is 16.5. The second-order valence-corrected chi connectivity index (χ2v) is 19.4. The van der Waals surface area contributed by atoms with Crippen LogP contribution in [0.4, 0.5) is 0 Å². The summed E-state index contributed by atoms with van der Waals surface area (Å²) in [6, 6.07) is -0.671. The number of piperidine rings is 1. The summed E-state index contributed by atoms with van der Waals surface area (Å²) in [4.78, 5) is 70.8. The lowest BCUT2D eigenvalue weighted by Gasteiger charge is -2.41. The lowest BCUT2D eigenvalue weighted by molar-refractivity contribution is -0.146. The van der Waals surface area contributed by atoms with E-state index in [-0.39, 0.29) is 66.3 Å². The lowest BCUT2D eigenvalue weighted by Crippen LogP contribution is -2.49. The first-order chi connectivity index (χ1) is 23.8. The largest absolute Gasteiger partial charge is 0.346 e. The van der Waals surface area contributed by atoms with Crippen molar-refractivity contribution in [3.63, 3.8) is 0 Å². The molecule has 1 N–H and O–H groups in total. The summed E-state index contributed by atoms with van der Waals surface area (Å²) in [5.41, 5.74) is -0.649. The number of nitrogens with zero attached hydrogens (tertiary/aromatic N) is 1. The fourth-order valence-electron chi connectivity index (χ4n) is 10.5. The van der Waals surface area contributed by atoms with Crippen molar-refractivity contribution < 1.29 is 32.4 Å². The minimum atomic E-state index is -3.25. The maximum atomic E-state index is 14.6. The molecule has 0 unspecified atom stereocenters. The molecule has 5 rings (SSSR count). The van der Waals surface area contributed by atoms with E-state index in [1.165, 1.54) is 6.08 Å². The number of hydrogen-bond acceptors (Lipinski definition) is 7. The maximum Gasteiger partial charge on any atom is 0.287 e. The van der Waals surface area contributed by atoms with Gasteiger partial charge in [-0.2, -0.15) is 0 Å². The molecule has 2 aliphatic carbocycles. The van der Waals surface area contributed by atoms with Gasteiger partial charge in [0.25, 0.3) is 5.91 Å². The highest BCUT2D eigenvalue weighted by atomic mass is 32.2. The van der Waals surface area contributed by atoms with E-state index in [0.29, 0.717) is 32.2 Å². The Morgan fingerprint density at radius 2 is 1.50 bits per heavy atom. The zero-order valence-corrected chi connectivity index (χ0v) is 31.5. The number of hydrogen-bond donors (Lipinski definition) is 1. The van der Waals surface area contributed by atoms with E-state index in [1.807, 2.05) is 0 Å². The van der Waals surface area contributed by atoms with Crippen molar-refractivity contribution in [3.05, 3.63) is 12.7 Å². The van der Waals surface area contributed by atoms with Crippen LogP contribution in [0.15, 0.2) is 12.7 Å². The second-order valence-electron chi connectivity index (χ2n) is 17.1. The number of carbonyl (C=O) groups excluding carboxylic acids is 5. The molecule has 0 bridgehead atoms. The van der Waals surface area contributed by atoms with Gasteiger partial charge in [-0.15, -0.1) is 6.58 Å². The monoisotopic (exact) mass is 714 g/mol. The molecule has 0 aromatic heterocycles. The standard InChI is InChI=1S/C40H62N2O7S/c1-4-22-41-37(46)36(45)28-17-12-9-7-5-6-8-10-13-18-29(38(47)42-27-31-34(39(31,2)3)35(42)32(44)25-28)24-30(43)26-40(20-14-11-15-21-40)33-19-16-23-50(33,48)49/h4,28-29,31,33-35H,1,5-27H2,2-3H3,(H,41,46)/t28-,29-,31+,33+,34+,35-/m1/s1. The average Bonchev–Trinajstić information content (AvgIpc) is 3.38. The molecule has 3 aliphatic heterocycles. The molecule has 6 atom stereocenters. The first-order valence-corrected chi connectivity index (χ1v) is 21.5. The molecule has 0 aromatic carbocycles. The van der Waals surface area contributed by atoms with E-state index in [9.17, 15) is 32.4 Å². The summed E-state index contributed by atoms with van der Waals surface area (Å²) in [6.45, 7) is 8.51. The van der Waals surface area contributed by atoms with Gasteiger partial charge in [0.05, 0.1) is 17.0 Å². The van der Waals surface area contributed by atoms with Crippen LogP contribution in [0.5, 0.6) is 0 Å². The fourth-order valence-corrected chi connectivity index (χ4v) is 12.9. The Bertz CT molecular complexity index is 1400. The van der Waals surface area contributed by atoms with Crippen molar-refractivity contribution >= 4 is 39.0 Å². The summed E-state index contributed by atoms with van der Waals surface area (Å²) in [5, 5.41) is 2.11. The average molecular weight is 715 g/mol. The summed E-state index contributed by atoms with van der Waals surface area (Å²) in [7, 11) is -3.25. The van der Waals surface area contributed by atoms with Crippen LogP contribution in [0.25, 0.3) is 0 Å². The molecule has 9 nitrogen and oxygen atoms in total. The fraction of sp³-hybridized carbons (Fsp3) is 0.825. The molecule has 5 aliphatic rings. The van der Waals surface area contributed by atoms with Crippen molar-refractivity contribution in [3.8, 4) is 0 Å². The number of amides is 2. The van der Waals surface area contributed by atoms with E-state index in [4.69, 9.17) is 0 Å². The quantitative estimate of drug-likeness (QED) is 0.218. The Balaban J connectivity index is 1.38. The zero-order chi connectivity index (χ0) is 36.1. The van der Waals surface area contributed by atoms with Gasteiger partial charge in [-0.05, 0) is 61.2 Å². The van der Waals surface area contributed by atoms with Gasteiger partial charge in [-0.1, -0.05) is 90.6 Å². The predicted octanol–water partition coefficient (Wildman–Crippen LogP) is 6.32. The number of fused-ring (bicyclic) bond motifs is 3. The molecular formula is C40H62N2O7S. The highest BCUT2D eigenvalue weighted by Crippen LogP contribution is 2.65. The van der Waals surface area contributed by atoms with Crippen molar-refractivity contribution in [1.82, 2.24) is 10.2 Å². The highest BCUT2D eigenvalue weighted by molar-refractivity contribution is 7.92. The summed E-state index contributed by atoms with van der Waals surface area (Å²) < 4.78 is 26.3. The molecular weight excluding hydrogens is 653 g/mol. The van der Waals surface area contributed by atoms with Gasteiger partial charge in [-0.25, -0.2) is 8.42 Å². The molecule has 3 saturated heterocycles. The van der Waals surface area contributed by atoms with Crippen molar-refractivity contribution in [2.24, 2.45) is 34.5 Å². The minimum absolute atomic E-state index is 0.0131. The molecule has 0 aromatic rings. The first-order valence-electron chi connectivity index (χ1n) is 19.8. The van der Waals surface area contributed by atoms with E-state index < -0.39 is 50.1 Å². The molecule has 5 fully saturated rings. The molecule has 0 radical (unpaired) electrons. The normalized spacial score (nSPS) is 33.0. The van der Waals surface area contributed by atoms with E-state index >= 15 is 0 Å². The van der Waals surface area contributed by atoms with Crippen LogP contribution in [0.3, 0.4) is 0 Å². The third kappa shape index (κ3) is 8.63. The van der Waals surface area contributed by atoms with Gasteiger partial charge in [-0.3, -0.25) is 24.0 Å². The first kappa shape index (κ1) is 38.9. The number of carbonyl (C=O) groups is 5. The number of rotatable bonds is 9. The Morgan fingerprint density at radius 1 is 0.880 bits per heavy atom. The molecule has 0 spiro atoms. The third-order valence-electron chi connectivity index (χ3n) is 13.4. The SMILES string of the molecule is C=CCNC(=O)C(=O)[C@@H]1CCCCCCCCCC[C@H](CC(=O)CC2([C@@H]3CCCS3(=O)=O)CCCCC2)C(=O)N2C[C@H]3[C@@H]([C@H]2C(=O)C1)C3(C)C. The van der Waals surface area contributed by atoms with Crippen LogP contribution in [0.1, 0.15) is 142 Å². The van der Waals surface area contributed by atoms with Crippen LogP contribution < -0.4 is 5.32 Å². The predicted molar refractivity (Wildman–Crippen MR) is 194 cm³/mol. The molecule has 10 heteroatoms. The van der Waals surface area contributed by atoms with Crippen LogP contribution >= 0.6 is 0 Å². The summed E-state index contributed by atoms with van der Waals surface area (Å²) >= 11 is 0. The Labute approximate surface area is 300 Å². The van der Waals surface area contributed by atoms with Crippen molar-refractivity contribution in [1.29, 1.82) is 0 Å².